The van der Waals surface area contributed by atoms with Gasteiger partial charge in [-0.2, -0.15) is 0 Å². The van der Waals surface area contributed by atoms with Crippen molar-refractivity contribution in [2.45, 2.75) is 40.0 Å². The molecule has 0 heterocycles. The van der Waals surface area contributed by atoms with E-state index in [-0.39, 0.29) is 11.2 Å². The van der Waals surface area contributed by atoms with E-state index in [4.69, 9.17) is 13.6 Å². The molecule has 0 spiro atoms. The molecule has 1 rings (SSSR count). The van der Waals surface area contributed by atoms with Gasteiger partial charge < -0.3 is 18.7 Å². The number of aromatic hydroxyl groups is 1. The number of phenolic OH excluding ortho intramolecular Hbond substituents is 1. The predicted molar refractivity (Wildman–Crippen MR) is 77.6 cm³/mol. The first-order chi connectivity index (χ1) is 8.88. The molecule has 0 aliphatic rings. The quantitative estimate of drug-likeness (QED) is 0.789. The number of benzene rings is 1. The average Bonchev–Trinajstić information content (AvgIpc) is 2.31. The third-order valence-electron chi connectivity index (χ3n) is 2.41. The first-order valence-electron chi connectivity index (χ1n) is 6.46. The summed E-state index contributed by atoms with van der Waals surface area (Å²) >= 11 is 0. The Morgan fingerprint density at radius 1 is 1.11 bits per heavy atom. The van der Waals surface area contributed by atoms with Crippen molar-refractivity contribution in [1.82, 2.24) is 0 Å². The van der Waals surface area contributed by atoms with Crippen molar-refractivity contribution in [2.24, 2.45) is 0 Å². The Morgan fingerprint density at radius 2 is 1.68 bits per heavy atom. The number of rotatable bonds is 6. The minimum absolute atomic E-state index is 0.131. The lowest BCUT2D eigenvalue weighted by Crippen LogP contribution is -2.13. The summed E-state index contributed by atoms with van der Waals surface area (Å²) in [6.07, 6.45) is 0. The lowest BCUT2D eigenvalue weighted by molar-refractivity contribution is 0.220. The first-order valence-corrected chi connectivity index (χ1v) is 7.55. The molecule has 0 bridgehead atoms. The molecule has 1 aromatic rings. The molecule has 0 aromatic heterocycles. The van der Waals surface area contributed by atoms with Gasteiger partial charge in [-0.15, -0.1) is 0 Å². The monoisotopic (exact) mass is 286 g/mol. The van der Waals surface area contributed by atoms with E-state index >= 15 is 0 Å². The van der Waals surface area contributed by atoms with Crippen molar-refractivity contribution < 1.29 is 18.7 Å². The van der Waals surface area contributed by atoms with Crippen LogP contribution >= 0.6 is 8.60 Å². The summed E-state index contributed by atoms with van der Waals surface area (Å²) in [6.45, 7) is 11.1. The van der Waals surface area contributed by atoms with Crippen LogP contribution in [0.25, 0.3) is 0 Å². The van der Waals surface area contributed by atoms with Gasteiger partial charge in [-0.25, -0.2) is 0 Å². The van der Waals surface area contributed by atoms with E-state index in [0.717, 1.165) is 5.56 Å². The van der Waals surface area contributed by atoms with E-state index in [1.807, 2.05) is 13.8 Å². The van der Waals surface area contributed by atoms with Crippen LogP contribution in [0.2, 0.25) is 0 Å². The van der Waals surface area contributed by atoms with E-state index in [0.29, 0.717) is 19.0 Å². The second-order valence-electron chi connectivity index (χ2n) is 5.08. The van der Waals surface area contributed by atoms with Gasteiger partial charge in [-0.05, 0) is 37.5 Å². The molecule has 0 saturated carbocycles. The third-order valence-corrected chi connectivity index (χ3v) is 3.70. The minimum atomic E-state index is -1.39. The van der Waals surface area contributed by atoms with Crippen molar-refractivity contribution in [2.75, 3.05) is 13.2 Å². The Kier molecular flexibility index (Phi) is 6.05. The molecule has 0 aliphatic heterocycles. The van der Waals surface area contributed by atoms with E-state index in [1.165, 1.54) is 0 Å². The zero-order chi connectivity index (χ0) is 14.5. The van der Waals surface area contributed by atoms with Crippen molar-refractivity contribution in [3.8, 4) is 11.5 Å². The molecule has 0 atom stereocenters. The molecule has 0 fully saturated rings. The summed E-state index contributed by atoms with van der Waals surface area (Å²) in [5.74, 6) is 0.924. The van der Waals surface area contributed by atoms with Gasteiger partial charge in [-0.3, -0.25) is 0 Å². The van der Waals surface area contributed by atoms with Gasteiger partial charge in [0.05, 0.1) is 13.2 Å². The molecular weight excluding hydrogens is 263 g/mol. The Hall–Kier alpha value is -0.830. The fourth-order valence-corrected chi connectivity index (χ4v) is 2.49. The number of phenols is 1. The number of hydrogen-bond donors (Lipinski definition) is 1. The molecule has 0 radical (unpaired) electrons. The van der Waals surface area contributed by atoms with Crippen molar-refractivity contribution >= 4 is 8.60 Å². The van der Waals surface area contributed by atoms with Gasteiger partial charge in [-0.1, -0.05) is 20.8 Å². The van der Waals surface area contributed by atoms with E-state index in [9.17, 15) is 5.11 Å². The molecular formula is C14H23O4P. The summed E-state index contributed by atoms with van der Waals surface area (Å²) in [6, 6.07) is 5.08. The van der Waals surface area contributed by atoms with Crippen molar-refractivity contribution in [3.05, 3.63) is 23.8 Å². The largest absolute Gasteiger partial charge is 0.508 e. The average molecular weight is 286 g/mol. The molecule has 108 valence electrons. The molecule has 4 nitrogen and oxygen atoms in total. The fraction of sp³-hybridized carbons (Fsp3) is 0.571. The zero-order valence-electron chi connectivity index (χ0n) is 12.3. The maximum atomic E-state index is 9.63. The zero-order valence-corrected chi connectivity index (χ0v) is 13.2. The topological polar surface area (TPSA) is 47.9 Å². The lowest BCUT2D eigenvalue weighted by atomic mass is 9.86. The van der Waals surface area contributed by atoms with Gasteiger partial charge in [0, 0.05) is 5.56 Å². The summed E-state index contributed by atoms with van der Waals surface area (Å²) in [5, 5.41) is 9.63. The Labute approximate surface area is 116 Å². The second-order valence-corrected chi connectivity index (χ2v) is 6.23. The molecule has 19 heavy (non-hydrogen) atoms. The van der Waals surface area contributed by atoms with Crippen LogP contribution in [-0.2, 0) is 14.5 Å². The van der Waals surface area contributed by atoms with Crippen LogP contribution in [0.1, 0.15) is 40.2 Å². The summed E-state index contributed by atoms with van der Waals surface area (Å²) in [7, 11) is -1.39. The smallest absolute Gasteiger partial charge is 0.397 e. The third kappa shape index (κ3) is 4.98. The van der Waals surface area contributed by atoms with Crippen molar-refractivity contribution in [3.63, 3.8) is 0 Å². The molecule has 0 unspecified atom stereocenters. The fourth-order valence-electron chi connectivity index (χ4n) is 1.56. The van der Waals surface area contributed by atoms with Gasteiger partial charge in [0.15, 0.2) is 0 Å². The first kappa shape index (κ1) is 16.2. The maximum absolute atomic E-state index is 9.63. The van der Waals surface area contributed by atoms with E-state index in [2.05, 4.69) is 20.8 Å². The highest BCUT2D eigenvalue weighted by Gasteiger charge is 2.23. The van der Waals surface area contributed by atoms with E-state index < -0.39 is 8.60 Å². The van der Waals surface area contributed by atoms with Crippen LogP contribution in [0, 0.1) is 0 Å². The van der Waals surface area contributed by atoms with Crippen LogP contribution < -0.4 is 4.52 Å². The standard InChI is InChI=1S/C14H23O4P/c1-6-16-19(17-7-2)18-13-9-8-11(15)10-12(13)14(3,4)5/h8-10,15H,6-7H2,1-5H3. The molecule has 0 amide bonds. The summed E-state index contributed by atoms with van der Waals surface area (Å²) in [5.41, 5.74) is 0.799. The molecule has 0 aliphatic carbocycles. The predicted octanol–water partition coefficient (Wildman–Crippen LogP) is 4.37. The Morgan fingerprint density at radius 3 is 2.16 bits per heavy atom. The van der Waals surface area contributed by atoms with Gasteiger partial charge >= 0.3 is 8.60 Å². The maximum Gasteiger partial charge on any atom is 0.397 e. The normalized spacial score (nSPS) is 11.9. The molecule has 1 aromatic carbocycles. The number of hydrogen-bond acceptors (Lipinski definition) is 4. The Bertz CT molecular complexity index is 395. The van der Waals surface area contributed by atoms with Crippen LogP contribution in [0.5, 0.6) is 11.5 Å². The lowest BCUT2D eigenvalue weighted by Gasteiger charge is -2.24. The molecule has 1 N–H and O–H groups in total. The van der Waals surface area contributed by atoms with Crippen LogP contribution in [-0.4, -0.2) is 18.3 Å². The van der Waals surface area contributed by atoms with Crippen LogP contribution in [0.4, 0.5) is 0 Å². The van der Waals surface area contributed by atoms with Crippen LogP contribution in [0.15, 0.2) is 18.2 Å². The van der Waals surface area contributed by atoms with Crippen LogP contribution in [0.3, 0.4) is 0 Å². The van der Waals surface area contributed by atoms with Gasteiger partial charge in [0.25, 0.3) is 0 Å². The highest BCUT2D eigenvalue weighted by molar-refractivity contribution is 7.42. The highest BCUT2D eigenvalue weighted by atomic mass is 31.2. The minimum Gasteiger partial charge on any atom is -0.508 e. The van der Waals surface area contributed by atoms with E-state index in [1.54, 1.807) is 18.2 Å². The van der Waals surface area contributed by atoms with Crippen molar-refractivity contribution in [1.29, 1.82) is 0 Å². The highest BCUT2D eigenvalue weighted by Crippen LogP contribution is 2.44. The summed E-state index contributed by atoms with van der Waals surface area (Å²) in [4.78, 5) is 0. The summed E-state index contributed by atoms with van der Waals surface area (Å²) < 4.78 is 16.7. The molecule has 0 saturated heterocycles. The molecule has 5 heteroatoms. The second kappa shape index (κ2) is 7.09. The SMILES string of the molecule is CCOP(OCC)Oc1ccc(O)cc1C(C)(C)C. The van der Waals surface area contributed by atoms with Gasteiger partial charge in [0.2, 0.25) is 0 Å². The Balaban J connectivity index is 2.98. The van der Waals surface area contributed by atoms with Gasteiger partial charge in [0.1, 0.15) is 11.5 Å².